The summed E-state index contributed by atoms with van der Waals surface area (Å²) in [5, 5.41) is 10.0. The van der Waals surface area contributed by atoms with Gasteiger partial charge in [-0.15, -0.1) is 0 Å². The number of halogens is 1. The van der Waals surface area contributed by atoms with E-state index in [-0.39, 0.29) is 17.3 Å². The van der Waals surface area contributed by atoms with Crippen LogP contribution in [0.3, 0.4) is 0 Å². The number of sulfonamides is 1. The van der Waals surface area contributed by atoms with E-state index in [4.69, 9.17) is 0 Å². The van der Waals surface area contributed by atoms with Gasteiger partial charge < -0.3 is 5.11 Å². The molecule has 7 heteroatoms. The topological polar surface area (TPSA) is 79.3 Å². The summed E-state index contributed by atoms with van der Waals surface area (Å²) in [6, 6.07) is 9.54. The smallest absolute Gasteiger partial charge is 0.258 e. The van der Waals surface area contributed by atoms with Crippen molar-refractivity contribution < 1.29 is 17.9 Å². The van der Waals surface area contributed by atoms with Crippen LogP contribution in [0.1, 0.15) is 25.0 Å². The van der Waals surface area contributed by atoms with Crippen LogP contribution < -0.4 is 4.72 Å². The fourth-order valence-electron chi connectivity index (χ4n) is 2.04. The quantitative estimate of drug-likeness (QED) is 0.852. The zero-order chi connectivity index (χ0) is 16.2. The number of nitrogens with zero attached hydrogens (tertiary/aromatic N) is 1. The van der Waals surface area contributed by atoms with E-state index < -0.39 is 22.2 Å². The molecule has 0 aliphatic rings. The van der Waals surface area contributed by atoms with Crippen LogP contribution >= 0.6 is 0 Å². The van der Waals surface area contributed by atoms with E-state index in [1.54, 1.807) is 19.1 Å². The van der Waals surface area contributed by atoms with Gasteiger partial charge in [0.2, 0.25) is 0 Å². The van der Waals surface area contributed by atoms with E-state index in [0.29, 0.717) is 5.56 Å². The van der Waals surface area contributed by atoms with Gasteiger partial charge in [-0.25, -0.2) is 22.5 Å². The summed E-state index contributed by atoms with van der Waals surface area (Å²) in [6.07, 6.45) is 0.673. The molecule has 0 aliphatic heterocycles. The summed E-state index contributed by atoms with van der Waals surface area (Å²) in [5.74, 6) is -0.389. The zero-order valence-corrected chi connectivity index (χ0v) is 12.8. The number of hydrogen-bond acceptors (Lipinski definition) is 4. The van der Waals surface area contributed by atoms with E-state index in [0.717, 1.165) is 0 Å². The van der Waals surface area contributed by atoms with Crippen LogP contribution in [0.5, 0.6) is 0 Å². The van der Waals surface area contributed by atoms with E-state index in [1.807, 2.05) is 0 Å². The van der Waals surface area contributed by atoms with Gasteiger partial charge in [-0.3, -0.25) is 0 Å². The number of aliphatic hydroxyl groups is 1. The molecule has 0 aliphatic carbocycles. The third-order valence-corrected chi connectivity index (χ3v) is 4.61. The second-order valence-corrected chi connectivity index (χ2v) is 6.65. The van der Waals surface area contributed by atoms with Gasteiger partial charge in [-0.1, -0.05) is 18.2 Å². The molecule has 0 spiro atoms. The Kier molecular flexibility index (Phi) is 5.23. The molecule has 0 fully saturated rings. The molecular weight excluding hydrogens is 307 g/mol. The number of benzene rings is 1. The summed E-state index contributed by atoms with van der Waals surface area (Å²) in [5.41, 5.74) is 0.533. The molecule has 2 unspecified atom stereocenters. The SMILES string of the molecule is CC(CC(O)c1ccc(F)cc1)NS(=O)(=O)c1ccccn1. The largest absolute Gasteiger partial charge is 0.388 e. The van der Waals surface area contributed by atoms with E-state index in [9.17, 15) is 17.9 Å². The van der Waals surface area contributed by atoms with Crippen LogP contribution in [0.2, 0.25) is 0 Å². The standard InChI is InChI=1S/C15H17FN2O3S/c1-11(10-14(19)12-5-7-13(16)8-6-12)18-22(20,21)15-4-2-3-9-17-15/h2-9,11,14,18-19H,10H2,1H3. The maximum absolute atomic E-state index is 12.8. The predicted octanol–water partition coefficient (Wildman–Crippen LogP) is 2.01. The van der Waals surface area contributed by atoms with Crippen molar-refractivity contribution in [3.8, 4) is 0 Å². The molecule has 0 bridgehead atoms. The lowest BCUT2D eigenvalue weighted by molar-refractivity contribution is 0.158. The van der Waals surface area contributed by atoms with Crippen molar-refractivity contribution in [3.05, 3.63) is 60.0 Å². The molecule has 2 aromatic rings. The fraction of sp³-hybridized carbons (Fsp3) is 0.267. The Morgan fingerprint density at radius 3 is 2.50 bits per heavy atom. The van der Waals surface area contributed by atoms with Crippen molar-refractivity contribution in [2.45, 2.75) is 30.5 Å². The number of rotatable bonds is 6. The number of aromatic nitrogens is 1. The van der Waals surface area contributed by atoms with Crippen LogP contribution in [-0.4, -0.2) is 24.6 Å². The molecule has 1 aromatic heterocycles. The lowest BCUT2D eigenvalue weighted by atomic mass is 10.0. The molecule has 2 atom stereocenters. The third-order valence-electron chi connectivity index (χ3n) is 3.10. The Bertz CT molecular complexity index is 705. The first-order chi connectivity index (χ1) is 10.4. The fourth-order valence-corrected chi connectivity index (χ4v) is 3.24. The van der Waals surface area contributed by atoms with Crippen molar-refractivity contribution in [3.63, 3.8) is 0 Å². The first kappa shape index (κ1) is 16.5. The molecule has 1 aromatic carbocycles. The normalized spacial score (nSPS) is 14.5. The second-order valence-electron chi connectivity index (χ2n) is 4.99. The first-order valence-corrected chi connectivity index (χ1v) is 8.23. The Labute approximate surface area is 128 Å². The highest BCUT2D eigenvalue weighted by atomic mass is 32.2. The van der Waals surface area contributed by atoms with Gasteiger partial charge in [-0.05, 0) is 43.2 Å². The molecule has 0 amide bonds. The maximum atomic E-state index is 12.8. The van der Waals surface area contributed by atoms with Gasteiger partial charge >= 0.3 is 0 Å². The van der Waals surface area contributed by atoms with Gasteiger partial charge in [0.25, 0.3) is 10.0 Å². The average molecular weight is 324 g/mol. The van der Waals surface area contributed by atoms with Crippen molar-refractivity contribution in [1.82, 2.24) is 9.71 Å². The highest BCUT2D eigenvalue weighted by molar-refractivity contribution is 7.89. The van der Waals surface area contributed by atoms with Gasteiger partial charge in [-0.2, -0.15) is 0 Å². The lowest BCUT2D eigenvalue weighted by Crippen LogP contribution is -2.34. The number of nitrogens with one attached hydrogen (secondary N) is 1. The summed E-state index contributed by atoms with van der Waals surface area (Å²) in [7, 11) is -3.73. The lowest BCUT2D eigenvalue weighted by Gasteiger charge is -2.18. The van der Waals surface area contributed by atoms with Crippen LogP contribution in [0.15, 0.2) is 53.7 Å². The number of aliphatic hydroxyl groups excluding tert-OH is 1. The number of pyridine rings is 1. The molecule has 0 radical (unpaired) electrons. The predicted molar refractivity (Wildman–Crippen MR) is 80.0 cm³/mol. The zero-order valence-electron chi connectivity index (χ0n) is 12.0. The first-order valence-electron chi connectivity index (χ1n) is 6.75. The Balaban J connectivity index is 2.00. The van der Waals surface area contributed by atoms with Crippen LogP contribution in [-0.2, 0) is 10.0 Å². The Morgan fingerprint density at radius 2 is 1.91 bits per heavy atom. The second kappa shape index (κ2) is 6.95. The van der Waals surface area contributed by atoms with Crippen LogP contribution in [0, 0.1) is 5.82 Å². The minimum absolute atomic E-state index is 0.0712. The van der Waals surface area contributed by atoms with Crippen LogP contribution in [0.4, 0.5) is 4.39 Å². The van der Waals surface area contributed by atoms with Crippen molar-refractivity contribution >= 4 is 10.0 Å². The van der Waals surface area contributed by atoms with Gasteiger partial charge in [0.1, 0.15) is 5.82 Å². The van der Waals surface area contributed by atoms with Crippen molar-refractivity contribution in [2.75, 3.05) is 0 Å². The summed E-state index contributed by atoms with van der Waals surface area (Å²) < 4.78 is 39.5. The average Bonchev–Trinajstić information content (AvgIpc) is 2.48. The van der Waals surface area contributed by atoms with Gasteiger partial charge in [0.05, 0.1) is 6.10 Å². The monoisotopic (exact) mass is 324 g/mol. The third kappa shape index (κ3) is 4.33. The molecule has 1 heterocycles. The Morgan fingerprint density at radius 1 is 1.23 bits per heavy atom. The summed E-state index contributed by atoms with van der Waals surface area (Å²) in [6.45, 7) is 1.65. The van der Waals surface area contributed by atoms with E-state index in [1.165, 1.54) is 36.5 Å². The van der Waals surface area contributed by atoms with Crippen molar-refractivity contribution in [2.24, 2.45) is 0 Å². The van der Waals surface area contributed by atoms with E-state index in [2.05, 4.69) is 9.71 Å². The molecule has 2 rings (SSSR count). The molecule has 0 saturated heterocycles. The molecule has 2 N–H and O–H groups in total. The molecular formula is C15H17FN2O3S. The van der Waals surface area contributed by atoms with Gasteiger partial charge in [0, 0.05) is 12.2 Å². The highest BCUT2D eigenvalue weighted by Gasteiger charge is 2.20. The highest BCUT2D eigenvalue weighted by Crippen LogP contribution is 2.19. The van der Waals surface area contributed by atoms with E-state index >= 15 is 0 Å². The molecule has 5 nitrogen and oxygen atoms in total. The summed E-state index contributed by atoms with van der Waals surface area (Å²) in [4.78, 5) is 3.80. The number of hydrogen-bond donors (Lipinski definition) is 2. The molecule has 0 saturated carbocycles. The minimum Gasteiger partial charge on any atom is -0.388 e. The molecule has 118 valence electrons. The van der Waals surface area contributed by atoms with Gasteiger partial charge in [0.15, 0.2) is 5.03 Å². The Hall–Kier alpha value is -1.83. The minimum atomic E-state index is -3.73. The van der Waals surface area contributed by atoms with Crippen LogP contribution in [0.25, 0.3) is 0 Å². The summed E-state index contributed by atoms with van der Waals surface area (Å²) >= 11 is 0. The maximum Gasteiger partial charge on any atom is 0.258 e. The molecule has 22 heavy (non-hydrogen) atoms. The van der Waals surface area contributed by atoms with Crippen molar-refractivity contribution in [1.29, 1.82) is 0 Å².